The monoisotopic (exact) mass is 390 g/mol. The van der Waals surface area contributed by atoms with Crippen molar-refractivity contribution in [3.05, 3.63) is 65.2 Å². The first-order chi connectivity index (χ1) is 13.6. The van der Waals surface area contributed by atoms with Gasteiger partial charge in [0.05, 0.1) is 28.3 Å². The minimum atomic E-state index is -2.43. The average Bonchev–Trinajstić information content (AvgIpc) is 3.40. The molecule has 1 unspecified atom stereocenters. The number of nitrogens with one attached hydrogen (secondary N) is 2. The van der Waals surface area contributed by atoms with Crippen molar-refractivity contribution in [1.29, 1.82) is 0 Å². The molecule has 5 rings (SSSR count). The van der Waals surface area contributed by atoms with Gasteiger partial charge in [-0.05, 0) is 60.7 Å². The molecule has 3 N–H and O–H groups in total. The maximum absolute atomic E-state index is 11.2. The van der Waals surface area contributed by atoms with Crippen LogP contribution in [0.5, 0.6) is 5.75 Å². The van der Waals surface area contributed by atoms with E-state index in [4.69, 9.17) is 8.74 Å². The van der Waals surface area contributed by atoms with E-state index in [9.17, 15) is 4.21 Å². The van der Waals surface area contributed by atoms with Crippen LogP contribution in [-0.4, -0.2) is 28.7 Å². The number of hydrogen-bond acceptors (Lipinski definition) is 4. The second kappa shape index (κ2) is 6.59. The summed E-state index contributed by atoms with van der Waals surface area (Å²) in [7, 11) is 0. The quantitative estimate of drug-likeness (QED) is 0.393. The topological polar surface area (TPSA) is 104 Å². The highest BCUT2D eigenvalue weighted by Gasteiger charge is 2.07. The lowest BCUT2D eigenvalue weighted by Crippen LogP contribution is -1.96. The third-order valence-corrected chi connectivity index (χ3v) is 4.61. The molecule has 8 bridgehead atoms. The minimum absolute atomic E-state index is 0.269. The molecule has 8 heteroatoms. The van der Waals surface area contributed by atoms with Crippen LogP contribution in [-0.2, 0) is 11.4 Å². The van der Waals surface area contributed by atoms with Gasteiger partial charge in [0, 0.05) is 22.6 Å². The molecule has 138 valence electrons. The smallest absolute Gasteiger partial charge is 0.357 e. The lowest BCUT2D eigenvalue weighted by Gasteiger charge is -1.95. The second-order valence-electron chi connectivity index (χ2n) is 6.34. The summed E-state index contributed by atoms with van der Waals surface area (Å²) in [6.07, 6.45) is 7.65. The summed E-state index contributed by atoms with van der Waals surface area (Å²) in [4.78, 5) is 15.6. The van der Waals surface area contributed by atoms with Gasteiger partial charge in [-0.2, -0.15) is 4.21 Å². The molecule has 2 aliphatic heterocycles. The molecular formula is C20H14N4O3S. The highest BCUT2D eigenvalue weighted by molar-refractivity contribution is 7.74. The van der Waals surface area contributed by atoms with Crippen molar-refractivity contribution in [1.82, 2.24) is 19.9 Å². The number of fused-ring (bicyclic) bond motifs is 8. The number of aromatic amines is 2. The molecule has 5 heterocycles. The highest BCUT2D eigenvalue weighted by Crippen LogP contribution is 2.24. The number of hydrogen-bond donors (Lipinski definition) is 3. The van der Waals surface area contributed by atoms with E-state index in [-0.39, 0.29) is 5.75 Å². The number of aromatic nitrogens is 4. The van der Waals surface area contributed by atoms with E-state index in [1.807, 2.05) is 54.6 Å². The molecule has 0 fully saturated rings. The summed E-state index contributed by atoms with van der Waals surface area (Å²) in [6.45, 7) is 0. The Balaban J connectivity index is 1.83. The van der Waals surface area contributed by atoms with Gasteiger partial charge in [0.2, 0.25) is 0 Å². The van der Waals surface area contributed by atoms with Gasteiger partial charge in [0.1, 0.15) is 0 Å². The fourth-order valence-electron chi connectivity index (χ4n) is 3.14. The SMILES string of the molecule is O=S(O)Oc1cc2cc3ccc(cc4nc(cc5nc(cc1[nH]2)C=C5)C=C4)[nH]3. The van der Waals surface area contributed by atoms with E-state index in [1.165, 1.54) is 0 Å². The molecule has 28 heavy (non-hydrogen) atoms. The van der Waals surface area contributed by atoms with Gasteiger partial charge < -0.3 is 14.2 Å². The van der Waals surface area contributed by atoms with Crippen LogP contribution in [0.25, 0.3) is 46.4 Å². The largest absolute Gasteiger partial charge is 0.378 e. The first kappa shape index (κ1) is 16.7. The van der Waals surface area contributed by atoms with Crippen molar-refractivity contribution in [3.63, 3.8) is 0 Å². The molecule has 2 aliphatic rings. The van der Waals surface area contributed by atoms with Crippen LogP contribution < -0.4 is 4.18 Å². The third-order valence-electron chi connectivity index (χ3n) is 4.29. The van der Waals surface area contributed by atoms with Crippen LogP contribution in [0.15, 0.2) is 42.5 Å². The Kier molecular flexibility index (Phi) is 3.92. The van der Waals surface area contributed by atoms with E-state index < -0.39 is 11.4 Å². The van der Waals surface area contributed by atoms with Gasteiger partial charge in [-0.3, -0.25) is 4.55 Å². The molecule has 0 aliphatic carbocycles. The Morgan fingerprint density at radius 2 is 1.36 bits per heavy atom. The van der Waals surface area contributed by atoms with Crippen LogP contribution in [0.1, 0.15) is 22.8 Å². The summed E-state index contributed by atoms with van der Waals surface area (Å²) >= 11 is -2.43. The summed E-state index contributed by atoms with van der Waals surface area (Å²) in [5, 5.41) is 0. The molecule has 0 saturated heterocycles. The minimum Gasteiger partial charge on any atom is -0.378 e. The lowest BCUT2D eigenvalue weighted by atomic mass is 10.3. The van der Waals surface area contributed by atoms with Crippen molar-refractivity contribution in [2.24, 2.45) is 0 Å². The second-order valence-corrected chi connectivity index (χ2v) is 6.94. The first-order valence-corrected chi connectivity index (χ1v) is 9.52. The summed E-state index contributed by atoms with van der Waals surface area (Å²) in [5.41, 5.74) is 6.21. The van der Waals surface area contributed by atoms with Crippen molar-refractivity contribution < 1.29 is 12.9 Å². The molecule has 3 aromatic rings. The van der Waals surface area contributed by atoms with Crippen LogP contribution in [0, 0.1) is 0 Å². The van der Waals surface area contributed by atoms with Crippen LogP contribution in [0.2, 0.25) is 0 Å². The summed E-state index contributed by atoms with van der Waals surface area (Å²) in [6, 6.07) is 13.1. The molecule has 0 saturated carbocycles. The van der Waals surface area contributed by atoms with Gasteiger partial charge >= 0.3 is 11.4 Å². The van der Waals surface area contributed by atoms with Crippen molar-refractivity contribution in [2.45, 2.75) is 0 Å². The molecule has 7 nitrogen and oxygen atoms in total. The van der Waals surface area contributed by atoms with Gasteiger partial charge in [0.15, 0.2) is 5.75 Å². The van der Waals surface area contributed by atoms with Crippen LogP contribution in [0.4, 0.5) is 0 Å². The molecule has 0 spiro atoms. The Morgan fingerprint density at radius 3 is 2.04 bits per heavy atom. The number of rotatable bonds is 2. The van der Waals surface area contributed by atoms with Gasteiger partial charge in [0.25, 0.3) is 0 Å². The van der Waals surface area contributed by atoms with Crippen LogP contribution in [0.3, 0.4) is 0 Å². The maximum Gasteiger partial charge on any atom is 0.357 e. The predicted octanol–water partition coefficient (Wildman–Crippen LogP) is 4.17. The molecule has 0 radical (unpaired) electrons. The lowest BCUT2D eigenvalue weighted by molar-refractivity contribution is 0.460. The Morgan fingerprint density at radius 1 is 0.750 bits per heavy atom. The Hall–Kier alpha value is -3.49. The summed E-state index contributed by atoms with van der Waals surface area (Å²) in [5.74, 6) is 0.269. The van der Waals surface area contributed by atoms with Gasteiger partial charge in [-0.1, -0.05) is 0 Å². The Labute approximate surface area is 162 Å². The van der Waals surface area contributed by atoms with Gasteiger partial charge in [-0.15, -0.1) is 0 Å². The van der Waals surface area contributed by atoms with E-state index >= 15 is 0 Å². The van der Waals surface area contributed by atoms with Crippen LogP contribution >= 0.6 is 0 Å². The molecule has 0 aromatic carbocycles. The predicted molar refractivity (Wildman–Crippen MR) is 110 cm³/mol. The summed E-state index contributed by atoms with van der Waals surface area (Å²) < 4.78 is 25.3. The zero-order valence-corrected chi connectivity index (χ0v) is 15.2. The molecular weight excluding hydrogens is 376 g/mol. The molecule has 1 atom stereocenters. The molecule has 0 amide bonds. The number of nitrogens with zero attached hydrogens (tertiary/aromatic N) is 2. The first-order valence-electron chi connectivity index (χ1n) is 8.48. The highest BCUT2D eigenvalue weighted by atomic mass is 32.2. The van der Waals surface area contributed by atoms with Crippen molar-refractivity contribution in [2.75, 3.05) is 0 Å². The van der Waals surface area contributed by atoms with Gasteiger partial charge in [-0.25, -0.2) is 9.97 Å². The third kappa shape index (κ3) is 3.38. The Bertz CT molecular complexity index is 1330. The van der Waals surface area contributed by atoms with Crippen molar-refractivity contribution >= 4 is 57.7 Å². The van der Waals surface area contributed by atoms with E-state index in [0.29, 0.717) is 11.2 Å². The van der Waals surface area contributed by atoms with Crippen molar-refractivity contribution in [3.8, 4) is 5.75 Å². The maximum atomic E-state index is 11.2. The standard InChI is InChI=1S/C20H14N4O3S/c25-28(26)27-20-11-18-9-16-4-3-14(22-16)7-12-1-2-13(21-12)8-15-5-6-17(23-15)10-19(20)24-18/h1-11,22,24H,(H,25,26). The van der Waals surface area contributed by atoms with E-state index in [0.717, 1.165) is 33.6 Å². The average molecular weight is 390 g/mol. The number of H-pyrrole nitrogens is 2. The zero-order valence-electron chi connectivity index (χ0n) is 14.4. The van der Waals surface area contributed by atoms with E-state index in [2.05, 4.69) is 19.9 Å². The van der Waals surface area contributed by atoms with E-state index in [1.54, 1.807) is 12.1 Å². The fraction of sp³-hybridized carbons (Fsp3) is 0. The normalized spacial score (nSPS) is 13.6. The molecule has 3 aromatic heterocycles. The fourth-order valence-corrected chi connectivity index (χ4v) is 3.43. The zero-order chi connectivity index (χ0) is 19.1.